The monoisotopic (exact) mass is 494 g/mol. The maximum atomic E-state index is 12.2. The number of imide groups is 1. The van der Waals surface area contributed by atoms with Crippen molar-refractivity contribution in [2.75, 3.05) is 18.4 Å². The highest BCUT2D eigenvalue weighted by molar-refractivity contribution is 6.23. The molecular formula is C29H30N6O2. The number of fused-ring (bicyclic) bond motifs is 3. The van der Waals surface area contributed by atoms with Gasteiger partial charge in [-0.25, -0.2) is 4.98 Å². The van der Waals surface area contributed by atoms with Crippen LogP contribution in [0.2, 0.25) is 0 Å². The number of carbonyl (C=O) groups is 2. The number of hydrogen-bond donors (Lipinski definition) is 3. The maximum Gasteiger partial charge on any atom is 0.261 e. The number of amides is 2. The molecule has 37 heavy (non-hydrogen) atoms. The van der Waals surface area contributed by atoms with Crippen molar-refractivity contribution in [3.63, 3.8) is 0 Å². The van der Waals surface area contributed by atoms with Crippen molar-refractivity contribution in [1.82, 2.24) is 25.2 Å². The topological polar surface area (TPSA) is 103 Å². The molecule has 2 aromatic carbocycles. The number of imidazole rings is 1. The third-order valence-electron chi connectivity index (χ3n) is 7.35. The van der Waals surface area contributed by atoms with Gasteiger partial charge in [-0.3, -0.25) is 24.8 Å². The molecule has 3 N–H and O–H groups in total. The van der Waals surface area contributed by atoms with Crippen molar-refractivity contribution in [3.8, 4) is 0 Å². The fraction of sp³-hybridized carbons (Fsp3) is 0.310. The number of H-pyrrole nitrogens is 1. The molecular weight excluding hydrogens is 464 g/mol. The van der Waals surface area contributed by atoms with E-state index in [-0.39, 0.29) is 17.9 Å². The van der Waals surface area contributed by atoms with Gasteiger partial charge in [0.15, 0.2) is 0 Å². The van der Waals surface area contributed by atoms with Gasteiger partial charge in [0.25, 0.3) is 11.8 Å². The highest BCUT2D eigenvalue weighted by Gasteiger charge is 2.29. The second-order valence-corrected chi connectivity index (χ2v) is 9.77. The first-order chi connectivity index (χ1) is 18.2. The number of nitrogens with zero attached hydrogens (tertiary/aromatic N) is 3. The zero-order valence-electron chi connectivity index (χ0n) is 20.7. The SMILES string of the molecule is O=C1NC(=O)c2c(NCCCCN(Cc3nc4ccccc4[nH]3)C3CCCc4cccnc43)cccc21. The van der Waals surface area contributed by atoms with Gasteiger partial charge in [-0.15, -0.1) is 0 Å². The summed E-state index contributed by atoms with van der Waals surface area (Å²) in [7, 11) is 0. The lowest BCUT2D eigenvalue weighted by molar-refractivity contribution is 0.0880. The summed E-state index contributed by atoms with van der Waals surface area (Å²) in [5.74, 6) is 0.313. The van der Waals surface area contributed by atoms with E-state index >= 15 is 0 Å². The summed E-state index contributed by atoms with van der Waals surface area (Å²) in [5, 5.41) is 5.75. The molecule has 0 saturated carbocycles. The highest BCUT2D eigenvalue weighted by atomic mass is 16.2. The molecule has 8 nitrogen and oxygen atoms in total. The number of para-hydroxylation sites is 2. The number of anilines is 1. The first kappa shape index (κ1) is 23.4. The van der Waals surface area contributed by atoms with Crippen LogP contribution in [0.4, 0.5) is 5.69 Å². The number of aryl methyl sites for hydroxylation is 1. The van der Waals surface area contributed by atoms with E-state index in [4.69, 9.17) is 9.97 Å². The number of unbranched alkanes of at least 4 members (excludes halogenated alkanes) is 1. The normalized spacial score (nSPS) is 16.6. The van der Waals surface area contributed by atoms with Crippen molar-refractivity contribution in [2.24, 2.45) is 0 Å². The van der Waals surface area contributed by atoms with Gasteiger partial charge in [0.1, 0.15) is 5.82 Å². The molecule has 8 heteroatoms. The summed E-state index contributed by atoms with van der Waals surface area (Å²) >= 11 is 0. The zero-order chi connectivity index (χ0) is 25.2. The number of pyridine rings is 1. The van der Waals surface area contributed by atoms with Crippen molar-refractivity contribution >= 4 is 28.5 Å². The fourth-order valence-corrected chi connectivity index (χ4v) is 5.59. The number of aromatic amines is 1. The van der Waals surface area contributed by atoms with Gasteiger partial charge in [0.2, 0.25) is 0 Å². The first-order valence-electron chi connectivity index (χ1n) is 13.0. The van der Waals surface area contributed by atoms with Crippen LogP contribution >= 0.6 is 0 Å². The van der Waals surface area contributed by atoms with Crippen molar-refractivity contribution < 1.29 is 9.59 Å². The molecule has 2 aromatic heterocycles. The molecule has 0 fully saturated rings. The highest BCUT2D eigenvalue weighted by Crippen LogP contribution is 2.34. The van der Waals surface area contributed by atoms with E-state index in [2.05, 4.69) is 32.7 Å². The molecule has 2 amide bonds. The number of benzene rings is 2. The predicted octanol–water partition coefficient (Wildman–Crippen LogP) is 4.61. The average Bonchev–Trinajstić information content (AvgIpc) is 3.47. The molecule has 0 radical (unpaired) electrons. The Bertz CT molecular complexity index is 1430. The van der Waals surface area contributed by atoms with E-state index in [1.807, 2.05) is 42.6 Å². The summed E-state index contributed by atoms with van der Waals surface area (Å²) < 4.78 is 0. The molecule has 0 spiro atoms. The standard InChI is InChI=1S/C29H30N6O2/c36-28-20-10-6-13-23(26(20)29(37)34-28)30-15-3-4-17-35(18-25-32-21-11-1-2-12-22(21)33-25)24-14-5-8-19-9-7-16-31-27(19)24/h1-2,6-7,9-13,16,24,30H,3-5,8,14-15,17-18H2,(H,32,33)(H,34,36,37). The number of hydrogen-bond acceptors (Lipinski definition) is 6. The summed E-state index contributed by atoms with van der Waals surface area (Å²) in [6.07, 6.45) is 7.13. The van der Waals surface area contributed by atoms with Crippen LogP contribution in [0.5, 0.6) is 0 Å². The number of carbonyl (C=O) groups excluding carboxylic acids is 2. The smallest absolute Gasteiger partial charge is 0.261 e. The van der Waals surface area contributed by atoms with E-state index in [0.717, 1.165) is 68.6 Å². The van der Waals surface area contributed by atoms with Crippen LogP contribution in [0.15, 0.2) is 60.8 Å². The number of nitrogens with one attached hydrogen (secondary N) is 3. The molecule has 3 heterocycles. The van der Waals surface area contributed by atoms with Gasteiger partial charge < -0.3 is 10.3 Å². The second kappa shape index (κ2) is 10.1. The molecule has 1 aliphatic heterocycles. The summed E-state index contributed by atoms with van der Waals surface area (Å²) in [6.45, 7) is 2.36. The van der Waals surface area contributed by atoms with Gasteiger partial charge >= 0.3 is 0 Å². The van der Waals surface area contributed by atoms with Crippen LogP contribution < -0.4 is 10.6 Å². The van der Waals surface area contributed by atoms with Crippen LogP contribution in [-0.4, -0.2) is 44.8 Å². The first-order valence-corrected chi connectivity index (χ1v) is 13.0. The lowest BCUT2D eigenvalue weighted by Crippen LogP contribution is -2.33. The van der Waals surface area contributed by atoms with Gasteiger partial charge in [-0.1, -0.05) is 24.3 Å². The minimum atomic E-state index is -0.330. The Labute approximate surface area is 215 Å². The van der Waals surface area contributed by atoms with Gasteiger partial charge in [-0.05, 0) is 74.5 Å². The quantitative estimate of drug-likeness (QED) is 0.232. The molecule has 0 bridgehead atoms. The average molecular weight is 495 g/mol. The Hall–Kier alpha value is -4.04. The molecule has 0 saturated heterocycles. The Balaban J connectivity index is 1.14. The lowest BCUT2D eigenvalue weighted by atomic mass is 9.90. The number of rotatable bonds is 9. The molecule has 4 aromatic rings. The Morgan fingerprint density at radius 1 is 1.00 bits per heavy atom. The van der Waals surface area contributed by atoms with Crippen molar-refractivity contribution in [1.29, 1.82) is 0 Å². The van der Waals surface area contributed by atoms with Crippen LogP contribution in [0.1, 0.15) is 69.5 Å². The van der Waals surface area contributed by atoms with Crippen molar-refractivity contribution in [3.05, 3.63) is 89.0 Å². The maximum absolute atomic E-state index is 12.2. The molecule has 188 valence electrons. The van der Waals surface area contributed by atoms with E-state index < -0.39 is 0 Å². The summed E-state index contributed by atoms with van der Waals surface area (Å²) in [5.41, 5.74) is 6.19. The number of aromatic nitrogens is 3. The predicted molar refractivity (Wildman–Crippen MR) is 142 cm³/mol. The zero-order valence-corrected chi connectivity index (χ0v) is 20.7. The Morgan fingerprint density at radius 3 is 2.84 bits per heavy atom. The molecule has 6 rings (SSSR count). The summed E-state index contributed by atoms with van der Waals surface area (Å²) in [6, 6.07) is 18.0. The Kier molecular flexibility index (Phi) is 6.40. The Morgan fingerprint density at radius 2 is 1.92 bits per heavy atom. The third kappa shape index (κ3) is 4.72. The van der Waals surface area contributed by atoms with E-state index in [9.17, 15) is 9.59 Å². The van der Waals surface area contributed by atoms with E-state index in [1.165, 1.54) is 11.3 Å². The lowest BCUT2D eigenvalue weighted by Gasteiger charge is -2.34. The van der Waals surface area contributed by atoms with E-state index in [1.54, 1.807) is 6.07 Å². The molecule has 2 aliphatic rings. The van der Waals surface area contributed by atoms with Crippen LogP contribution in [0.3, 0.4) is 0 Å². The van der Waals surface area contributed by atoms with Crippen LogP contribution in [0, 0.1) is 0 Å². The molecule has 1 aliphatic carbocycles. The van der Waals surface area contributed by atoms with Crippen LogP contribution in [-0.2, 0) is 13.0 Å². The second-order valence-electron chi connectivity index (χ2n) is 9.77. The van der Waals surface area contributed by atoms with Gasteiger partial charge in [0, 0.05) is 18.4 Å². The van der Waals surface area contributed by atoms with Gasteiger partial charge in [0.05, 0.1) is 40.4 Å². The molecule has 1 atom stereocenters. The fourth-order valence-electron chi connectivity index (χ4n) is 5.59. The molecule has 1 unspecified atom stereocenters. The minimum Gasteiger partial charge on any atom is -0.384 e. The third-order valence-corrected chi connectivity index (χ3v) is 7.35. The van der Waals surface area contributed by atoms with Crippen LogP contribution in [0.25, 0.3) is 11.0 Å². The van der Waals surface area contributed by atoms with Gasteiger partial charge in [-0.2, -0.15) is 0 Å². The largest absolute Gasteiger partial charge is 0.384 e. The summed E-state index contributed by atoms with van der Waals surface area (Å²) in [4.78, 5) is 39.8. The minimum absolute atomic E-state index is 0.262. The van der Waals surface area contributed by atoms with E-state index in [0.29, 0.717) is 16.8 Å². The van der Waals surface area contributed by atoms with Crippen molar-refractivity contribution in [2.45, 2.75) is 44.7 Å².